The molecule has 3 heterocycles. The van der Waals surface area contributed by atoms with E-state index in [2.05, 4.69) is 36.0 Å². The van der Waals surface area contributed by atoms with Crippen LogP contribution >= 0.6 is 0 Å². The topological polar surface area (TPSA) is 126 Å². The molecule has 1 fully saturated rings. The fourth-order valence-electron chi connectivity index (χ4n) is 3.90. The number of nitrogens with one attached hydrogen (secondary N) is 3. The largest absolute Gasteiger partial charge is 0.324 e. The number of aromatic amines is 1. The highest BCUT2D eigenvalue weighted by Gasteiger charge is 2.28. The van der Waals surface area contributed by atoms with E-state index < -0.39 is 15.7 Å². The molecule has 1 aliphatic rings. The second kappa shape index (κ2) is 9.27. The maximum Gasteiger partial charge on any atom is 0.227 e. The van der Waals surface area contributed by atoms with Crippen LogP contribution in [0.2, 0.25) is 0 Å². The van der Waals surface area contributed by atoms with Crippen LogP contribution in [-0.2, 0) is 9.84 Å². The van der Waals surface area contributed by atoms with E-state index in [0.717, 1.165) is 18.7 Å². The minimum Gasteiger partial charge on any atom is -0.324 e. The SMILES string of the molecule is O=S(=O)(c1ccc(Nc2ncc(C=Cc3cc(F)cc4n[nH]nc34)cn2)cc1)C1CCNCC1. The summed E-state index contributed by atoms with van der Waals surface area (Å²) in [7, 11) is -3.34. The average molecular weight is 480 g/mol. The van der Waals surface area contributed by atoms with Gasteiger partial charge in [-0.2, -0.15) is 15.4 Å². The monoisotopic (exact) mass is 479 g/mol. The van der Waals surface area contributed by atoms with E-state index in [-0.39, 0.29) is 5.25 Å². The predicted octanol–water partition coefficient (Wildman–Crippen LogP) is 3.33. The lowest BCUT2D eigenvalue weighted by atomic mass is 10.1. The van der Waals surface area contributed by atoms with Crippen molar-refractivity contribution in [2.75, 3.05) is 18.4 Å². The van der Waals surface area contributed by atoms with Gasteiger partial charge in [0.05, 0.1) is 10.1 Å². The van der Waals surface area contributed by atoms with E-state index in [4.69, 9.17) is 0 Å². The van der Waals surface area contributed by atoms with Gasteiger partial charge in [-0.1, -0.05) is 12.2 Å². The minimum atomic E-state index is -3.34. The molecule has 0 atom stereocenters. The number of hydrogen-bond acceptors (Lipinski definition) is 8. The van der Waals surface area contributed by atoms with Gasteiger partial charge in [0.25, 0.3) is 0 Å². The van der Waals surface area contributed by atoms with Crippen molar-refractivity contribution in [2.45, 2.75) is 23.0 Å². The van der Waals surface area contributed by atoms with Crippen LogP contribution in [0.15, 0.2) is 53.7 Å². The van der Waals surface area contributed by atoms with Gasteiger partial charge in [-0.3, -0.25) is 0 Å². The molecule has 0 unspecified atom stereocenters. The molecule has 5 rings (SSSR count). The number of aromatic nitrogens is 5. The number of anilines is 2. The smallest absolute Gasteiger partial charge is 0.227 e. The second-order valence-corrected chi connectivity index (χ2v) is 10.2. The van der Waals surface area contributed by atoms with E-state index >= 15 is 0 Å². The molecular weight excluding hydrogens is 457 g/mol. The van der Waals surface area contributed by atoms with E-state index in [1.165, 1.54) is 12.1 Å². The van der Waals surface area contributed by atoms with Crippen molar-refractivity contribution in [3.05, 3.63) is 65.7 Å². The van der Waals surface area contributed by atoms with Gasteiger partial charge in [-0.25, -0.2) is 22.8 Å². The molecule has 3 N–H and O–H groups in total. The average Bonchev–Trinajstić information content (AvgIpc) is 3.33. The molecule has 174 valence electrons. The van der Waals surface area contributed by atoms with Crippen LogP contribution in [0.3, 0.4) is 0 Å². The van der Waals surface area contributed by atoms with Gasteiger partial charge in [-0.15, -0.1) is 0 Å². The van der Waals surface area contributed by atoms with Gasteiger partial charge in [-0.05, 0) is 56.3 Å². The van der Waals surface area contributed by atoms with Crippen LogP contribution in [0, 0.1) is 5.82 Å². The van der Waals surface area contributed by atoms with Crippen molar-refractivity contribution in [3.8, 4) is 0 Å². The molecule has 1 aliphatic heterocycles. The Balaban J connectivity index is 1.26. The maximum atomic E-state index is 13.8. The first-order valence-electron chi connectivity index (χ1n) is 10.8. The molecule has 9 nitrogen and oxygen atoms in total. The van der Waals surface area contributed by atoms with Crippen molar-refractivity contribution in [2.24, 2.45) is 0 Å². The number of H-pyrrole nitrogens is 1. The first-order valence-corrected chi connectivity index (χ1v) is 12.4. The summed E-state index contributed by atoms with van der Waals surface area (Å²) < 4.78 is 39.4. The van der Waals surface area contributed by atoms with Gasteiger partial charge >= 0.3 is 0 Å². The quantitative estimate of drug-likeness (QED) is 0.385. The molecule has 2 aromatic carbocycles. The third-order valence-electron chi connectivity index (χ3n) is 5.71. The molecule has 4 aromatic rings. The Hall–Kier alpha value is -3.70. The van der Waals surface area contributed by atoms with Crippen LogP contribution in [-0.4, -0.2) is 52.1 Å². The van der Waals surface area contributed by atoms with Gasteiger partial charge in [0.15, 0.2) is 9.84 Å². The summed E-state index contributed by atoms with van der Waals surface area (Å²) in [4.78, 5) is 8.91. The van der Waals surface area contributed by atoms with Crippen LogP contribution in [0.5, 0.6) is 0 Å². The zero-order valence-electron chi connectivity index (χ0n) is 18.1. The predicted molar refractivity (Wildman–Crippen MR) is 128 cm³/mol. The van der Waals surface area contributed by atoms with Crippen molar-refractivity contribution < 1.29 is 12.8 Å². The zero-order valence-corrected chi connectivity index (χ0v) is 18.9. The Labute approximate surface area is 195 Å². The van der Waals surface area contributed by atoms with Crippen LogP contribution in [0.4, 0.5) is 16.0 Å². The van der Waals surface area contributed by atoms with Gasteiger partial charge in [0, 0.05) is 35.3 Å². The Morgan fingerprint density at radius 2 is 1.74 bits per heavy atom. The number of rotatable bonds is 6. The third kappa shape index (κ3) is 4.66. The summed E-state index contributed by atoms with van der Waals surface area (Å²) >= 11 is 0. The molecule has 0 saturated carbocycles. The molecule has 34 heavy (non-hydrogen) atoms. The van der Waals surface area contributed by atoms with E-state index in [0.29, 0.717) is 46.0 Å². The number of piperidine rings is 1. The van der Waals surface area contributed by atoms with E-state index in [1.54, 1.807) is 48.8 Å². The molecule has 0 spiro atoms. The summed E-state index contributed by atoms with van der Waals surface area (Å²) in [6, 6.07) is 9.33. The summed E-state index contributed by atoms with van der Waals surface area (Å²) in [6.07, 6.45) is 7.98. The Morgan fingerprint density at radius 1 is 1.00 bits per heavy atom. The Bertz CT molecular complexity index is 1430. The van der Waals surface area contributed by atoms with Gasteiger partial charge in [0.1, 0.15) is 16.9 Å². The Kier molecular flexibility index (Phi) is 6.03. The number of sulfone groups is 1. The lowest BCUT2D eigenvalue weighted by Gasteiger charge is -2.22. The first kappa shape index (κ1) is 22.1. The molecule has 0 bridgehead atoms. The molecule has 0 radical (unpaired) electrons. The first-order chi connectivity index (χ1) is 16.5. The van der Waals surface area contributed by atoms with Crippen LogP contribution in [0.25, 0.3) is 23.2 Å². The standard InChI is InChI=1S/C23H22FN7O2S/c24-17-11-16(22-21(12-17)29-31-30-22)2-1-15-13-26-23(27-14-15)28-18-3-5-19(6-4-18)34(32,33)20-7-9-25-10-8-20/h1-6,11-14,20,25H,7-10H2,(H,26,27,28)(H,29,30,31). The number of hydrogen-bond donors (Lipinski definition) is 3. The second-order valence-electron chi connectivity index (χ2n) is 8.00. The highest BCUT2D eigenvalue weighted by Crippen LogP contribution is 2.24. The maximum absolute atomic E-state index is 13.8. The molecule has 0 amide bonds. The number of nitrogens with zero attached hydrogens (tertiary/aromatic N) is 4. The van der Waals surface area contributed by atoms with Crippen molar-refractivity contribution >= 4 is 44.7 Å². The number of halogens is 1. The minimum absolute atomic E-state index is 0.324. The molecule has 1 saturated heterocycles. The van der Waals surface area contributed by atoms with E-state index in [1.807, 2.05) is 0 Å². The fourth-order valence-corrected chi connectivity index (χ4v) is 5.65. The fraction of sp³-hybridized carbons (Fsp3) is 0.217. The zero-order chi connectivity index (χ0) is 23.5. The van der Waals surface area contributed by atoms with Crippen molar-refractivity contribution in [1.29, 1.82) is 0 Å². The lowest BCUT2D eigenvalue weighted by molar-refractivity contribution is 0.496. The van der Waals surface area contributed by atoms with E-state index in [9.17, 15) is 12.8 Å². The summed E-state index contributed by atoms with van der Waals surface area (Å²) in [5.74, 6) is -0.0258. The van der Waals surface area contributed by atoms with Crippen molar-refractivity contribution in [1.82, 2.24) is 30.7 Å². The molecule has 0 aliphatic carbocycles. The van der Waals surface area contributed by atoms with Crippen LogP contribution in [0.1, 0.15) is 24.0 Å². The molecule has 11 heteroatoms. The summed E-state index contributed by atoms with van der Waals surface area (Å²) in [5, 5.41) is 16.4. The van der Waals surface area contributed by atoms with Gasteiger partial charge in [0.2, 0.25) is 5.95 Å². The summed E-state index contributed by atoms with van der Waals surface area (Å²) in [6.45, 7) is 1.44. The van der Waals surface area contributed by atoms with Crippen molar-refractivity contribution in [3.63, 3.8) is 0 Å². The van der Waals surface area contributed by atoms with Gasteiger partial charge < -0.3 is 10.6 Å². The lowest BCUT2D eigenvalue weighted by Crippen LogP contribution is -2.35. The molecule has 2 aromatic heterocycles. The molecular formula is C23H22FN7O2S. The normalized spacial score (nSPS) is 15.2. The Morgan fingerprint density at radius 3 is 2.47 bits per heavy atom. The highest BCUT2D eigenvalue weighted by molar-refractivity contribution is 7.92. The van der Waals surface area contributed by atoms with Crippen LogP contribution < -0.4 is 10.6 Å². The highest BCUT2D eigenvalue weighted by atomic mass is 32.2. The number of fused-ring (bicyclic) bond motifs is 1. The summed E-state index contributed by atoms with van der Waals surface area (Å²) in [5.41, 5.74) is 3.01. The third-order valence-corrected chi connectivity index (χ3v) is 7.99. The number of benzene rings is 2.